The van der Waals surface area contributed by atoms with Gasteiger partial charge >= 0.3 is 54.9 Å². The second kappa shape index (κ2) is 6.32. The Bertz CT molecular complexity index is 658. The van der Waals surface area contributed by atoms with Gasteiger partial charge in [0, 0.05) is 17.8 Å². The van der Waals surface area contributed by atoms with Crippen LogP contribution < -0.4 is 0 Å². The summed E-state index contributed by atoms with van der Waals surface area (Å²) >= 11 is 0. The molecule has 1 aliphatic rings. The largest absolute Gasteiger partial charge is 2.00 e. The molecule has 0 saturated carbocycles. The molecule has 1 aliphatic heterocycles. The van der Waals surface area contributed by atoms with E-state index in [2.05, 4.69) is 0 Å². The number of carbonyl (C=O) groups is 2. The van der Waals surface area contributed by atoms with Gasteiger partial charge in [0.05, 0.1) is 11.6 Å². The first-order valence-corrected chi connectivity index (χ1v) is 6.20. The van der Waals surface area contributed by atoms with E-state index in [1.165, 1.54) is 0 Å². The van der Waals surface area contributed by atoms with Crippen LogP contribution in [0.4, 0.5) is 0 Å². The van der Waals surface area contributed by atoms with Gasteiger partial charge in [-0.3, -0.25) is 9.59 Å². The predicted octanol–water partition coefficient (Wildman–Crippen LogP) is 2.14. The van der Waals surface area contributed by atoms with E-state index in [1.807, 2.05) is 22.8 Å². The molecule has 0 fully saturated rings. The summed E-state index contributed by atoms with van der Waals surface area (Å²) < 4.78 is 1.83. The zero-order valence-electron chi connectivity index (χ0n) is 13.0. The molecular formula is C15H15BaNO3. The van der Waals surface area contributed by atoms with E-state index in [4.69, 9.17) is 5.11 Å². The molecular weight excluding hydrogens is 379 g/mol. The molecule has 3 rings (SSSR count). The van der Waals surface area contributed by atoms with Crippen molar-refractivity contribution in [3.63, 3.8) is 0 Å². The Morgan fingerprint density at radius 2 is 1.85 bits per heavy atom. The molecule has 1 aromatic carbocycles. The van der Waals surface area contributed by atoms with Gasteiger partial charge in [-0.2, -0.15) is 0 Å². The van der Waals surface area contributed by atoms with Gasteiger partial charge in [-0.15, -0.1) is 0 Å². The van der Waals surface area contributed by atoms with E-state index >= 15 is 0 Å². The van der Waals surface area contributed by atoms with Gasteiger partial charge in [0.2, 0.25) is 5.78 Å². The zero-order valence-corrected chi connectivity index (χ0v) is 15.4. The minimum atomic E-state index is -0.824. The second-order valence-electron chi connectivity index (χ2n) is 4.67. The fraction of sp³-hybridized carbons (Fsp3) is 0.200. The molecule has 1 unspecified atom stereocenters. The Hall–Kier alpha value is -0.789. The van der Waals surface area contributed by atoms with Gasteiger partial charge in [-0.05, 0) is 18.6 Å². The summed E-state index contributed by atoms with van der Waals surface area (Å²) in [5.74, 6) is -1.37. The molecule has 2 heterocycles. The maximum Gasteiger partial charge on any atom is 2.00 e. The van der Waals surface area contributed by atoms with Gasteiger partial charge < -0.3 is 12.5 Å². The molecule has 0 radical (unpaired) electrons. The normalized spacial score (nSPS) is 16.3. The number of nitrogens with zero attached hydrogens (tertiary/aromatic N) is 1. The van der Waals surface area contributed by atoms with Crippen LogP contribution in [-0.4, -0.2) is 70.3 Å². The molecule has 1 atom stereocenters. The number of carboxylic acid groups (broad SMARTS) is 1. The zero-order chi connectivity index (χ0) is 13.4. The number of fused-ring (bicyclic) bond motifs is 1. The summed E-state index contributed by atoms with van der Waals surface area (Å²) in [4.78, 5) is 23.5. The molecule has 0 amide bonds. The number of aliphatic carboxylic acids is 1. The number of carboxylic acids is 1. The summed E-state index contributed by atoms with van der Waals surface area (Å²) in [6, 6.07) is 12.5. The van der Waals surface area contributed by atoms with Crippen molar-refractivity contribution >= 4 is 60.6 Å². The Labute approximate surface area is 159 Å². The fourth-order valence-electron chi connectivity index (χ4n) is 2.63. The average molecular weight is 395 g/mol. The quantitative estimate of drug-likeness (QED) is 0.641. The van der Waals surface area contributed by atoms with Crippen molar-refractivity contribution in [1.29, 1.82) is 0 Å². The van der Waals surface area contributed by atoms with Crippen LogP contribution in [0.1, 0.15) is 36.9 Å². The van der Waals surface area contributed by atoms with Crippen molar-refractivity contribution in [2.24, 2.45) is 0 Å². The Morgan fingerprint density at radius 3 is 2.50 bits per heavy atom. The maximum absolute atomic E-state index is 12.4. The van der Waals surface area contributed by atoms with Crippen LogP contribution in [0.2, 0.25) is 0 Å². The first-order valence-electron chi connectivity index (χ1n) is 6.20. The summed E-state index contributed by atoms with van der Waals surface area (Å²) in [5, 5.41) is 9.13. The van der Waals surface area contributed by atoms with Crippen molar-refractivity contribution in [2.45, 2.75) is 18.9 Å². The molecule has 100 valence electrons. The third-order valence-electron chi connectivity index (χ3n) is 3.58. The van der Waals surface area contributed by atoms with Crippen LogP contribution in [0.3, 0.4) is 0 Å². The van der Waals surface area contributed by atoms with E-state index in [0.29, 0.717) is 24.2 Å². The van der Waals surface area contributed by atoms with Crippen LogP contribution in [0.15, 0.2) is 42.5 Å². The molecule has 2 aromatic rings. The molecule has 5 heteroatoms. The smallest absolute Gasteiger partial charge is 1.00 e. The van der Waals surface area contributed by atoms with Crippen LogP contribution in [0, 0.1) is 0 Å². The number of hydrogen-bond donors (Lipinski definition) is 1. The van der Waals surface area contributed by atoms with Gasteiger partial charge in [0.15, 0.2) is 0 Å². The first kappa shape index (κ1) is 15.6. The van der Waals surface area contributed by atoms with Crippen LogP contribution in [-0.2, 0) is 11.3 Å². The summed E-state index contributed by atoms with van der Waals surface area (Å²) in [5.41, 5.74) is 1.93. The number of aromatic nitrogens is 1. The third-order valence-corrected chi connectivity index (χ3v) is 3.58. The van der Waals surface area contributed by atoms with Crippen molar-refractivity contribution in [1.82, 2.24) is 4.57 Å². The van der Waals surface area contributed by atoms with Gasteiger partial charge in [0.25, 0.3) is 0 Å². The van der Waals surface area contributed by atoms with Gasteiger partial charge in [-0.1, -0.05) is 30.3 Å². The SMILES string of the molecule is O=C(c1ccccc1)c1ccc2n1CCC2C(=O)O.[Ba+2].[H-].[H-]. The molecule has 20 heavy (non-hydrogen) atoms. The summed E-state index contributed by atoms with van der Waals surface area (Å²) in [6.07, 6.45) is 0.556. The van der Waals surface area contributed by atoms with Crippen LogP contribution in [0.25, 0.3) is 0 Å². The van der Waals surface area contributed by atoms with Crippen molar-refractivity contribution in [3.05, 3.63) is 59.4 Å². The van der Waals surface area contributed by atoms with Crippen molar-refractivity contribution in [3.8, 4) is 0 Å². The number of rotatable bonds is 3. The number of benzene rings is 1. The van der Waals surface area contributed by atoms with E-state index in [9.17, 15) is 9.59 Å². The van der Waals surface area contributed by atoms with Gasteiger partial charge in [0.1, 0.15) is 0 Å². The summed E-state index contributed by atoms with van der Waals surface area (Å²) in [6.45, 7) is 0.590. The molecule has 0 bridgehead atoms. The minimum Gasteiger partial charge on any atom is -1.00 e. The number of hydrogen-bond acceptors (Lipinski definition) is 2. The average Bonchev–Trinajstić information content (AvgIpc) is 2.99. The Morgan fingerprint density at radius 1 is 1.15 bits per heavy atom. The number of ketones is 1. The Balaban J connectivity index is 0.00000147. The van der Waals surface area contributed by atoms with E-state index < -0.39 is 11.9 Å². The molecule has 0 aliphatic carbocycles. The second-order valence-corrected chi connectivity index (χ2v) is 4.67. The van der Waals surface area contributed by atoms with E-state index in [1.54, 1.807) is 24.3 Å². The van der Waals surface area contributed by atoms with Crippen molar-refractivity contribution in [2.75, 3.05) is 0 Å². The monoisotopic (exact) mass is 395 g/mol. The number of carbonyl (C=O) groups excluding carboxylic acids is 1. The van der Waals surface area contributed by atoms with E-state index in [0.717, 1.165) is 5.69 Å². The molecule has 1 N–H and O–H groups in total. The summed E-state index contributed by atoms with van der Waals surface area (Å²) in [7, 11) is 0. The molecule has 0 saturated heterocycles. The van der Waals surface area contributed by atoms with Gasteiger partial charge in [-0.25, -0.2) is 0 Å². The molecule has 0 spiro atoms. The topological polar surface area (TPSA) is 59.3 Å². The maximum atomic E-state index is 12.4. The minimum absolute atomic E-state index is 0. The van der Waals surface area contributed by atoms with E-state index in [-0.39, 0.29) is 57.5 Å². The van der Waals surface area contributed by atoms with Crippen LogP contribution in [0.5, 0.6) is 0 Å². The van der Waals surface area contributed by atoms with Crippen molar-refractivity contribution < 1.29 is 17.5 Å². The fourth-order valence-corrected chi connectivity index (χ4v) is 2.63. The molecule has 4 nitrogen and oxygen atoms in total. The molecule has 1 aromatic heterocycles. The van der Waals surface area contributed by atoms with Crippen LogP contribution >= 0.6 is 0 Å². The standard InChI is InChI=1S/C15H13NO3.Ba.2H/c17-14(10-4-2-1-3-5-10)13-7-6-12-11(15(18)19)8-9-16(12)13;;;/h1-7,11H,8-9H2,(H,18,19);;;/q;+2;2*-1. The Kier molecular flexibility index (Phi) is 4.93. The first-order chi connectivity index (χ1) is 9.18. The predicted molar refractivity (Wildman–Crippen MR) is 77.3 cm³/mol. The third kappa shape index (κ3) is 2.66.